The van der Waals surface area contributed by atoms with Crippen molar-refractivity contribution >= 4 is 5.91 Å². The molecule has 2 aliphatic heterocycles. The summed E-state index contributed by atoms with van der Waals surface area (Å²) in [6, 6.07) is 8.28. The van der Waals surface area contributed by atoms with E-state index in [9.17, 15) is 4.79 Å². The highest BCUT2D eigenvalue weighted by Gasteiger charge is 2.26. The molecule has 1 amide bonds. The third-order valence-corrected chi connectivity index (χ3v) is 4.96. The van der Waals surface area contributed by atoms with Gasteiger partial charge in [-0.2, -0.15) is 0 Å². The van der Waals surface area contributed by atoms with E-state index >= 15 is 0 Å². The third kappa shape index (κ3) is 4.20. The predicted octanol–water partition coefficient (Wildman–Crippen LogP) is 2.45. The molecule has 1 aromatic carbocycles. The summed E-state index contributed by atoms with van der Waals surface area (Å²) in [4.78, 5) is 14.8. The van der Waals surface area contributed by atoms with E-state index in [1.165, 1.54) is 0 Å². The average molecular weight is 332 g/mol. The van der Waals surface area contributed by atoms with Gasteiger partial charge in [0.1, 0.15) is 12.7 Å². The second-order valence-corrected chi connectivity index (χ2v) is 6.98. The van der Waals surface area contributed by atoms with Crippen LogP contribution in [0.2, 0.25) is 0 Å². The van der Waals surface area contributed by atoms with Crippen LogP contribution in [0, 0.1) is 5.92 Å². The van der Waals surface area contributed by atoms with Crippen molar-refractivity contribution in [2.75, 3.05) is 26.2 Å². The first-order chi connectivity index (χ1) is 11.6. The number of rotatable bonds is 5. The van der Waals surface area contributed by atoms with Gasteiger partial charge in [0.05, 0.1) is 0 Å². The van der Waals surface area contributed by atoms with E-state index in [4.69, 9.17) is 9.47 Å². The Morgan fingerprint density at radius 1 is 1.25 bits per heavy atom. The molecule has 0 unspecified atom stereocenters. The molecule has 5 heteroatoms. The largest absolute Gasteiger partial charge is 0.486 e. The van der Waals surface area contributed by atoms with E-state index in [1.807, 2.05) is 24.3 Å². The van der Waals surface area contributed by atoms with Crippen molar-refractivity contribution in [2.24, 2.45) is 5.92 Å². The number of piperidine rings is 1. The van der Waals surface area contributed by atoms with Crippen LogP contribution < -0.4 is 14.8 Å². The molecule has 3 rings (SSSR count). The lowest BCUT2D eigenvalue weighted by atomic mass is 9.95. The number of carbonyl (C=O) groups is 1. The van der Waals surface area contributed by atoms with Crippen LogP contribution in [0.5, 0.6) is 11.5 Å². The van der Waals surface area contributed by atoms with Gasteiger partial charge >= 0.3 is 0 Å². The van der Waals surface area contributed by atoms with E-state index in [0.29, 0.717) is 19.2 Å². The lowest BCUT2D eigenvalue weighted by molar-refractivity contribution is -0.126. The summed E-state index contributed by atoms with van der Waals surface area (Å²) in [5.41, 5.74) is 0. The molecule has 1 aromatic rings. The Balaban J connectivity index is 1.37. The van der Waals surface area contributed by atoms with Crippen molar-refractivity contribution in [2.45, 2.75) is 45.3 Å². The van der Waals surface area contributed by atoms with Crippen LogP contribution in [-0.2, 0) is 4.79 Å². The number of hydrogen-bond acceptors (Lipinski definition) is 4. The Morgan fingerprint density at radius 3 is 2.67 bits per heavy atom. The molecule has 1 atom stereocenters. The molecule has 24 heavy (non-hydrogen) atoms. The Labute approximate surface area is 144 Å². The standard InChI is InChI=1S/C19H28N2O3/c1-14(2)21-11-8-15(9-12-21)19(22)20-10-7-16-13-23-17-5-3-4-6-18(17)24-16/h3-6,14-16H,7-13H2,1-2H3,(H,20,22)/t16-/m1/s1. The Kier molecular flexibility index (Phi) is 5.61. The number of hydrogen-bond donors (Lipinski definition) is 1. The summed E-state index contributed by atoms with van der Waals surface area (Å²) in [6.07, 6.45) is 2.69. The van der Waals surface area contributed by atoms with Crippen LogP contribution in [0.15, 0.2) is 24.3 Å². The molecule has 132 valence electrons. The Morgan fingerprint density at radius 2 is 1.96 bits per heavy atom. The minimum atomic E-state index is 0.00277. The zero-order valence-corrected chi connectivity index (χ0v) is 14.7. The first-order valence-electron chi connectivity index (χ1n) is 9.03. The van der Waals surface area contributed by atoms with E-state index in [2.05, 4.69) is 24.1 Å². The van der Waals surface area contributed by atoms with E-state index in [-0.39, 0.29) is 17.9 Å². The number of benzene rings is 1. The molecule has 2 heterocycles. The summed E-state index contributed by atoms with van der Waals surface area (Å²) in [5, 5.41) is 3.07. The van der Waals surface area contributed by atoms with Crippen LogP contribution in [0.25, 0.3) is 0 Å². The number of likely N-dealkylation sites (tertiary alicyclic amines) is 1. The van der Waals surface area contributed by atoms with Gasteiger partial charge in [0, 0.05) is 24.9 Å². The zero-order valence-electron chi connectivity index (χ0n) is 14.7. The summed E-state index contributed by atoms with van der Waals surface area (Å²) < 4.78 is 11.6. The topological polar surface area (TPSA) is 50.8 Å². The van der Waals surface area contributed by atoms with Crippen LogP contribution in [-0.4, -0.2) is 49.2 Å². The first kappa shape index (κ1) is 17.1. The van der Waals surface area contributed by atoms with Crippen molar-refractivity contribution < 1.29 is 14.3 Å². The molecule has 1 N–H and O–H groups in total. The van der Waals surface area contributed by atoms with Gasteiger partial charge < -0.3 is 19.7 Å². The van der Waals surface area contributed by atoms with Crippen LogP contribution in [0.3, 0.4) is 0 Å². The fourth-order valence-corrected chi connectivity index (χ4v) is 3.38. The number of amides is 1. The molecular formula is C19H28N2O3. The van der Waals surface area contributed by atoms with Crippen LogP contribution in [0.4, 0.5) is 0 Å². The highest BCUT2D eigenvalue weighted by Crippen LogP contribution is 2.31. The monoisotopic (exact) mass is 332 g/mol. The van der Waals surface area contributed by atoms with Gasteiger partial charge in [0.25, 0.3) is 0 Å². The predicted molar refractivity (Wildman–Crippen MR) is 93.4 cm³/mol. The zero-order chi connectivity index (χ0) is 16.9. The highest BCUT2D eigenvalue weighted by molar-refractivity contribution is 5.78. The van der Waals surface area contributed by atoms with Crippen molar-refractivity contribution in [1.82, 2.24) is 10.2 Å². The molecule has 0 saturated carbocycles. The van der Waals surface area contributed by atoms with Crippen LogP contribution in [0.1, 0.15) is 33.1 Å². The number of nitrogens with one attached hydrogen (secondary N) is 1. The molecular weight excluding hydrogens is 304 g/mol. The smallest absolute Gasteiger partial charge is 0.223 e. The molecule has 0 bridgehead atoms. The fraction of sp³-hybridized carbons (Fsp3) is 0.632. The van der Waals surface area contributed by atoms with Crippen molar-refractivity contribution in [3.05, 3.63) is 24.3 Å². The highest BCUT2D eigenvalue weighted by atomic mass is 16.6. The summed E-state index contributed by atoms with van der Waals surface area (Å²) in [5.74, 6) is 1.94. The SMILES string of the molecule is CC(C)N1CCC(C(=O)NCC[C@@H]2COc3ccccc3O2)CC1. The third-order valence-electron chi connectivity index (χ3n) is 4.96. The van der Waals surface area contributed by atoms with Crippen LogP contribution >= 0.6 is 0 Å². The molecule has 5 nitrogen and oxygen atoms in total. The summed E-state index contributed by atoms with van der Waals surface area (Å²) in [7, 11) is 0. The fourth-order valence-electron chi connectivity index (χ4n) is 3.38. The molecule has 0 spiro atoms. The maximum atomic E-state index is 12.3. The molecule has 1 fully saturated rings. The molecule has 0 aliphatic carbocycles. The van der Waals surface area contributed by atoms with Gasteiger partial charge in [-0.1, -0.05) is 12.1 Å². The second kappa shape index (κ2) is 7.88. The van der Waals surface area contributed by atoms with E-state index in [0.717, 1.165) is 43.9 Å². The Hall–Kier alpha value is -1.75. The van der Waals surface area contributed by atoms with Gasteiger partial charge in [-0.25, -0.2) is 0 Å². The quantitative estimate of drug-likeness (QED) is 0.900. The van der Waals surface area contributed by atoms with Gasteiger partial charge in [-0.15, -0.1) is 0 Å². The van der Waals surface area contributed by atoms with Gasteiger partial charge in [0.2, 0.25) is 5.91 Å². The molecule has 0 radical (unpaired) electrons. The second-order valence-electron chi connectivity index (χ2n) is 6.98. The number of ether oxygens (including phenoxy) is 2. The van der Waals surface area contributed by atoms with Crippen molar-refractivity contribution in [3.8, 4) is 11.5 Å². The van der Waals surface area contributed by atoms with Gasteiger partial charge in [0.15, 0.2) is 11.5 Å². The van der Waals surface area contributed by atoms with E-state index in [1.54, 1.807) is 0 Å². The lowest BCUT2D eigenvalue weighted by Gasteiger charge is -2.34. The maximum Gasteiger partial charge on any atom is 0.223 e. The molecule has 0 aromatic heterocycles. The maximum absolute atomic E-state index is 12.3. The number of nitrogens with zero attached hydrogens (tertiary/aromatic N) is 1. The number of para-hydroxylation sites is 2. The minimum Gasteiger partial charge on any atom is -0.486 e. The van der Waals surface area contributed by atoms with E-state index < -0.39 is 0 Å². The Bertz CT molecular complexity index is 553. The van der Waals surface area contributed by atoms with Gasteiger partial charge in [-0.05, 0) is 51.9 Å². The molecule has 2 aliphatic rings. The van der Waals surface area contributed by atoms with Gasteiger partial charge in [-0.3, -0.25) is 4.79 Å². The number of fused-ring (bicyclic) bond motifs is 1. The average Bonchev–Trinajstić information content (AvgIpc) is 2.61. The molecule has 1 saturated heterocycles. The van der Waals surface area contributed by atoms with Crippen molar-refractivity contribution in [1.29, 1.82) is 0 Å². The normalized spacial score (nSPS) is 21.7. The summed E-state index contributed by atoms with van der Waals surface area (Å²) in [6.45, 7) is 7.65. The lowest BCUT2D eigenvalue weighted by Crippen LogP contribution is -2.43. The number of carbonyl (C=O) groups excluding carboxylic acids is 1. The van der Waals surface area contributed by atoms with Crippen molar-refractivity contribution in [3.63, 3.8) is 0 Å². The summed E-state index contributed by atoms with van der Waals surface area (Å²) >= 11 is 0. The minimum absolute atomic E-state index is 0.00277. The first-order valence-corrected chi connectivity index (χ1v) is 9.03.